The fourth-order valence-corrected chi connectivity index (χ4v) is 2.85. The third-order valence-electron chi connectivity index (χ3n) is 2.82. The van der Waals surface area contributed by atoms with Crippen molar-refractivity contribution in [3.63, 3.8) is 0 Å². The van der Waals surface area contributed by atoms with Crippen molar-refractivity contribution in [2.24, 2.45) is 17.1 Å². The quantitative estimate of drug-likeness (QED) is 0.628. The van der Waals surface area contributed by atoms with Gasteiger partial charge in [0.2, 0.25) is 0 Å². The molecule has 72 valence electrons. The summed E-state index contributed by atoms with van der Waals surface area (Å²) in [5, 5.41) is 10.1. The lowest BCUT2D eigenvalue weighted by atomic mass is 9.66. The number of rotatable bonds is 1. The van der Waals surface area contributed by atoms with E-state index in [1.54, 1.807) is 0 Å². The second-order valence-electron chi connectivity index (χ2n) is 5.28. The molecule has 0 spiro atoms. The summed E-state index contributed by atoms with van der Waals surface area (Å²) in [6.07, 6.45) is 2.92. The predicted molar refractivity (Wildman–Crippen MR) is 50.8 cm³/mol. The SMILES string of the molecule is CC1CC(C)(C)CC(O)(CN)C1. The highest BCUT2D eigenvalue weighted by Gasteiger charge is 2.40. The molecule has 1 aliphatic rings. The zero-order valence-electron chi connectivity index (χ0n) is 8.43. The first-order chi connectivity index (χ1) is 5.37. The van der Waals surface area contributed by atoms with Gasteiger partial charge in [0.1, 0.15) is 0 Å². The van der Waals surface area contributed by atoms with Gasteiger partial charge in [-0.3, -0.25) is 0 Å². The Morgan fingerprint density at radius 2 is 2.00 bits per heavy atom. The van der Waals surface area contributed by atoms with Crippen LogP contribution in [0.25, 0.3) is 0 Å². The molecule has 0 aliphatic heterocycles. The van der Waals surface area contributed by atoms with E-state index >= 15 is 0 Å². The zero-order valence-corrected chi connectivity index (χ0v) is 8.43. The molecule has 3 N–H and O–H groups in total. The summed E-state index contributed by atoms with van der Waals surface area (Å²) >= 11 is 0. The first kappa shape index (κ1) is 10.0. The lowest BCUT2D eigenvalue weighted by molar-refractivity contribution is -0.0507. The topological polar surface area (TPSA) is 46.2 Å². The van der Waals surface area contributed by atoms with E-state index in [1.165, 1.54) is 6.42 Å². The van der Waals surface area contributed by atoms with Crippen LogP contribution in [0.1, 0.15) is 40.0 Å². The molecule has 1 rings (SSSR count). The van der Waals surface area contributed by atoms with Gasteiger partial charge in [-0.2, -0.15) is 0 Å². The van der Waals surface area contributed by atoms with E-state index in [-0.39, 0.29) is 5.41 Å². The third-order valence-corrected chi connectivity index (χ3v) is 2.82. The Morgan fingerprint density at radius 1 is 1.42 bits per heavy atom. The van der Waals surface area contributed by atoms with Crippen molar-refractivity contribution in [2.75, 3.05) is 6.54 Å². The lowest BCUT2D eigenvalue weighted by Gasteiger charge is -2.44. The number of aliphatic hydroxyl groups is 1. The van der Waals surface area contributed by atoms with Crippen molar-refractivity contribution in [3.05, 3.63) is 0 Å². The van der Waals surface area contributed by atoms with E-state index in [0.29, 0.717) is 12.5 Å². The van der Waals surface area contributed by atoms with Gasteiger partial charge in [0, 0.05) is 6.54 Å². The summed E-state index contributed by atoms with van der Waals surface area (Å²) in [6.45, 7) is 7.02. The summed E-state index contributed by atoms with van der Waals surface area (Å²) in [7, 11) is 0. The summed E-state index contributed by atoms with van der Waals surface area (Å²) in [5.41, 5.74) is 5.23. The fraction of sp³-hybridized carbons (Fsp3) is 1.00. The molecule has 2 atom stereocenters. The minimum Gasteiger partial charge on any atom is -0.389 e. The predicted octanol–water partition coefficient (Wildman–Crippen LogP) is 1.52. The van der Waals surface area contributed by atoms with Crippen LogP contribution in [-0.2, 0) is 0 Å². The standard InChI is InChI=1S/C10H21NO/c1-8-4-9(2,3)6-10(12,5-8)7-11/h8,12H,4-7,11H2,1-3H3. The van der Waals surface area contributed by atoms with Crippen LogP contribution in [0.5, 0.6) is 0 Å². The maximum absolute atomic E-state index is 10.1. The first-order valence-corrected chi connectivity index (χ1v) is 4.79. The maximum atomic E-state index is 10.1. The van der Waals surface area contributed by atoms with Gasteiger partial charge >= 0.3 is 0 Å². The van der Waals surface area contributed by atoms with Gasteiger partial charge in [-0.1, -0.05) is 20.8 Å². The van der Waals surface area contributed by atoms with Crippen molar-refractivity contribution < 1.29 is 5.11 Å². The molecule has 1 saturated carbocycles. The molecule has 0 aromatic rings. The van der Waals surface area contributed by atoms with E-state index in [9.17, 15) is 5.11 Å². The van der Waals surface area contributed by atoms with Crippen LogP contribution in [0.3, 0.4) is 0 Å². The highest BCUT2D eigenvalue weighted by molar-refractivity contribution is 4.93. The van der Waals surface area contributed by atoms with E-state index in [1.807, 2.05) is 0 Å². The maximum Gasteiger partial charge on any atom is 0.0777 e. The number of hydrogen-bond acceptors (Lipinski definition) is 2. The Morgan fingerprint density at radius 3 is 2.42 bits per heavy atom. The van der Waals surface area contributed by atoms with Crippen LogP contribution < -0.4 is 5.73 Å². The molecule has 1 fully saturated rings. The summed E-state index contributed by atoms with van der Waals surface area (Å²) < 4.78 is 0. The summed E-state index contributed by atoms with van der Waals surface area (Å²) in [5.74, 6) is 0.599. The molecule has 0 radical (unpaired) electrons. The Labute approximate surface area is 75.2 Å². The minimum absolute atomic E-state index is 0.256. The van der Waals surface area contributed by atoms with Crippen LogP contribution >= 0.6 is 0 Å². The van der Waals surface area contributed by atoms with Crippen LogP contribution in [0, 0.1) is 11.3 Å². The molecule has 0 saturated heterocycles. The van der Waals surface area contributed by atoms with Gasteiger partial charge < -0.3 is 10.8 Å². The van der Waals surface area contributed by atoms with E-state index in [4.69, 9.17) is 5.73 Å². The monoisotopic (exact) mass is 171 g/mol. The van der Waals surface area contributed by atoms with Gasteiger partial charge in [0.05, 0.1) is 5.60 Å². The van der Waals surface area contributed by atoms with Crippen LogP contribution in [0.15, 0.2) is 0 Å². The van der Waals surface area contributed by atoms with Crippen LogP contribution in [0.4, 0.5) is 0 Å². The molecule has 12 heavy (non-hydrogen) atoms. The van der Waals surface area contributed by atoms with E-state index in [0.717, 1.165) is 12.8 Å². The molecule has 0 heterocycles. The first-order valence-electron chi connectivity index (χ1n) is 4.79. The molecule has 2 heteroatoms. The molecule has 0 amide bonds. The molecule has 0 aromatic carbocycles. The third kappa shape index (κ3) is 2.20. The van der Waals surface area contributed by atoms with Crippen molar-refractivity contribution in [1.82, 2.24) is 0 Å². The zero-order chi connectivity index (χ0) is 9.41. The van der Waals surface area contributed by atoms with E-state index in [2.05, 4.69) is 20.8 Å². The van der Waals surface area contributed by atoms with Gasteiger partial charge in [0.15, 0.2) is 0 Å². The molecular formula is C10H21NO. The summed E-state index contributed by atoms with van der Waals surface area (Å²) in [6, 6.07) is 0. The Bertz CT molecular complexity index is 167. The largest absolute Gasteiger partial charge is 0.389 e. The molecule has 1 aliphatic carbocycles. The molecule has 2 unspecified atom stereocenters. The smallest absolute Gasteiger partial charge is 0.0777 e. The highest BCUT2D eigenvalue weighted by Crippen LogP contribution is 2.43. The molecular weight excluding hydrogens is 150 g/mol. The number of nitrogens with two attached hydrogens (primary N) is 1. The second kappa shape index (κ2) is 3.00. The molecule has 2 nitrogen and oxygen atoms in total. The van der Waals surface area contributed by atoms with Crippen molar-refractivity contribution in [1.29, 1.82) is 0 Å². The molecule has 0 aromatic heterocycles. The fourth-order valence-electron chi connectivity index (χ4n) is 2.85. The number of hydrogen-bond donors (Lipinski definition) is 2. The Kier molecular flexibility index (Phi) is 2.50. The second-order valence-corrected chi connectivity index (χ2v) is 5.28. The van der Waals surface area contributed by atoms with Gasteiger partial charge in [-0.05, 0) is 30.6 Å². The van der Waals surface area contributed by atoms with Crippen molar-refractivity contribution in [3.8, 4) is 0 Å². The van der Waals surface area contributed by atoms with Crippen LogP contribution in [-0.4, -0.2) is 17.3 Å². The van der Waals surface area contributed by atoms with Crippen molar-refractivity contribution >= 4 is 0 Å². The summed E-state index contributed by atoms with van der Waals surface area (Å²) in [4.78, 5) is 0. The Balaban J connectivity index is 2.70. The van der Waals surface area contributed by atoms with Gasteiger partial charge in [0.25, 0.3) is 0 Å². The average molecular weight is 171 g/mol. The van der Waals surface area contributed by atoms with Gasteiger partial charge in [-0.15, -0.1) is 0 Å². The lowest BCUT2D eigenvalue weighted by Crippen LogP contribution is -2.47. The Hall–Kier alpha value is -0.0800. The van der Waals surface area contributed by atoms with Crippen molar-refractivity contribution in [2.45, 2.75) is 45.6 Å². The minimum atomic E-state index is -0.596. The highest BCUT2D eigenvalue weighted by atomic mass is 16.3. The van der Waals surface area contributed by atoms with Gasteiger partial charge in [-0.25, -0.2) is 0 Å². The van der Waals surface area contributed by atoms with Crippen LogP contribution in [0.2, 0.25) is 0 Å². The van der Waals surface area contributed by atoms with E-state index < -0.39 is 5.60 Å². The average Bonchev–Trinajstić information content (AvgIpc) is 1.82. The molecule has 0 bridgehead atoms. The normalized spacial score (nSPS) is 41.2.